The average molecular weight is 428 g/mol. The highest BCUT2D eigenvalue weighted by Crippen LogP contribution is 2.32. The minimum absolute atomic E-state index is 0.190. The Kier molecular flexibility index (Phi) is 6.32. The lowest BCUT2D eigenvalue weighted by molar-refractivity contribution is 0.0827. The second-order valence-corrected chi connectivity index (χ2v) is 7.07. The number of carbonyl (C=O) groups is 2. The van der Waals surface area contributed by atoms with Gasteiger partial charge in [0.1, 0.15) is 11.5 Å². The Morgan fingerprint density at radius 2 is 1.67 bits per heavy atom. The Morgan fingerprint density at radius 3 is 2.27 bits per heavy atom. The summed E-state index contributed by atoms with van der Waals surface area (Å²) in [5.74, 6) is 0.151. The smallest absolute Gasteiger partial charge is 0.259 e. The highest BCUT2D eigenvalue weighted by molar-refractivity contribution is 6.33. The van der Waals surface area contributed by atoms with Crippen LogP contribution in [0.2, 0.25) is 5.02 Å². The molecule has 3 rings (SSSR count). The first-order chi connectivity index (χ1) is 14.3. The number of carbonyl (C=O) groups excluding carboxylic acids is 2. The number of rotatable bonds is 6. The molecule has 0 saturated carbocycles. The van der Waals surface area contributed by atoms with Gasteiger partial charge in [-0.25, -0.2) is 0 Å². The molecule has 0 atom stereocenters. The Hall–Kier alpha value is -3.45. The molecule has 8 heteroatoms. The van der Waals surface area contributed by atoms with E-state index in [1.807, 2.05) is 29.1 Å². The fraction of sp³-hybridized carbons (Fsp3) is 0.182. The molecule has 30 heavy (non-hydrogen) atoms. The maximum absolute atomic E-state index is 13.0. The maximum Gasteiger partial charge on any atom is 0.259 e. The van der Waals surface area contributed by atoms with Crippen LogP contribution in [0.15, 0.2) is 54.9 Å². The number of aromatic nitrogens is 1. The number of nitrogens with zero attached hydrogens (tertiary/aromatic N) is 2. The number of nitrogens with one attached hydrogen (secondary N) is 1. The summed E-state index contributed by atoms with van der Waals surface area (Å²) < 4.78 is 12.6. The number of hydrogen-bond acceptors (Lipinski definition) is 4. The van der Waals surface area contributed by atoms with Gasteiger partial charge in [0, 0.05) is 38.1 Å². The van der Waals surface area contributed by atoms with Gasteiger partial charge in [0.25, 0.3) is 11.8 Å². The number of anilines is 1. The summed E-state index contributed by atoms with van der Waals surface area (Å²) in [6.07, 6.45) is 3.69. The minimum atomic E-state index is -0.444. The van der Waals surface area contributed by atoms with E-state index in [2.05, 4.69) is 5.32 Å². The predicted molar refractivity (Wildman–Crippen MR) is 116 cm³/mol. The number of amides is 2. The lowest BCUT2D eigenvalue weighted by atomic mass is 10.1. The highest BCUT2D eigenvalue weighted by Gasteiger charge is 2.19. The molecule has 0 saturated heterocycles. The van der Waals surface area contributed by atoms with Gasteiger partial charge in [0.2, 0.25) is 0 Å². The monoisotopic (exact) mass is 427 g/mol. The molecule has 1 aromatic heterocycles. The van der Waals surface area contributed by atoms with Crippen molar-refractivity contribution in [2.75, 3.05) is 33.6 Å². The highest BCUT2D eigenvalue weighted by atomic mass is 35.5. The fourth-order valence-corrected chi connectivity index (χ4v) is 3.23. The van der Waals surface area contributed by atoms with Crippen molar-refractivity contribution in [1.82, 2.24) is 9.47 Å². The van der Waals surface area contributed by atoms with E-state index in [9.17, 15) is 9.59 Å². The van der Waals surface area contributed by atoms with E-state index in [0.29, 0.717) is 33.5 Å². The average Bonchev–Trinajstić information content (AvgIpc) is 3.27. The van der Waals surface area contributed by atoms with E-state index in [0.717, 1.165) is 0 Å². The zero-order valence-corrected chi connectivity index (χ0v) is 17.9. The Bertz CT molecular complexity index is 1080. The third kappa shape index (κ3) is 4.26. The van der Waals surface area contributed by atoms with Gasteiger partial charge in [-0.2, -0.15) is 0 Å². The van der Waals surface area contributed by atoms with Crippen LogP contribution in [0.1, 0.15) is 20.7 Å². The van der Waals surface area contributed by atoms with Crippen LogP contribution in [0.25, 0.3) is 5.69 Å². The second-order valence-electron chi connectivity index (χ2n) is 6.66. The SMILES string of the molecule is COc1ccc(C(=O)N(C)C)cc1NC(=O)c1cc(Cl)c(-n2cccc2)cc1OC. The van der Waals surface area contributed by atoms with Gasteiger partial charge in [-0.15, -0.1) is 0 Å². The first-order valence-corrected chi connectivity index (χ1v) is 9.45. The van der Waals surface area contributed by atoms with Gasteiger partial charge in [-0.1, -0.05) is 11.6 Å². The van der Waals surface area contributed by atoms with Crippen LogP contribution in [0, 0.1) is 0 Å². The number of halogens is 1. The van der Waals surface area contributed by atoms with E-state index in [1.54, 1.807) is 44.4 Å². The van der Waals surface area contributed by atoms with Crippen molar-refractivity contribution < 1.29 is 19.1 Å². The summed E-state index contributed by atoms with van der Waals surface area (Å²) in [6, 6.07) is 11.8. The molecule has 0 aliphatic carbocycles. The largest absolute Gasteiger partial charge is 0.496 e. The molecule has 2 amide bonds. The normalized spacial score (nSPS) is 10.4. The van der Waals surface area contributed by atoms with E-state index in [-0.39, 0.29) is 11.5 Å². The van der Waals surface area contributed by atoms with Crippen LogP contribution in [0.5, 0.6) is 11.5 Å². The van der Waals surface area contributed by atoms with Crippen molar-refractivity contribution in [2.45, 2.75) is 0 Å². The number of methoxy groups -OCH3 is 2. The summed E-state index contributed by atoms with van der Waals surface area (Å²) in [7, 11) is 6.28. The molecule has 0 spiro atoms. The maximum atomic E-state index is 13.0. The molecule has 156 valence electrons. The van der Waals surface area contributed by atoms with Gasteiger partial charge in [0.15, 0.2) is 0 Å². The quantitative estimate of drug-likeness (QED) is 0.642. The van der Waals surface area contributed by atoms with Crippen LogP contribution >= 0.6 is 11.6 Å². The molecule has 0 radical (unpaired) electrons. The minimum Gasteiger partial charge on any atom is -0.496 e. The Labute approximate surface area is 179 Å². The molecule has 0 bridgehead atoms. The first kappa shape index (κ1) is 21.3. The van der Waals surface area contributed by atoms with Gasteiger partial charge >= 0.3 is 0 Å². The molecule has 0 fully saturated rings. The number of benzene rings is 2. The molecular formula is C22H22ClN3O4. The fourth-order valence-electron chi connectivity index (χ4n) is 2.97. The van der Waals surface area contributed by atoms with Crippen LogP contribution in [0.3, 0.4) is 0 Å². The third-order valence-corrected chi connectivity index (χ3v) is 4.80. The van der Waals surface area contributed by atoms with Gasteiger partial charge in [0.05, 0.1) is 36.2 Å². The van der Waals surface area contributed by atoms with Crippen molar-refractivity contribution in [1.29, 1.82) is 0 Å². The van der Waals surface area contributed by atoms with Crippen molar-refractivity contribution in [3.8, 4) is 17.2 Å². The van der Waals surface area contributed by atoms with Crippen LogP contribution in [-0.4, -0.2) is 49.6 Å². The van der Waals surface area contributed by atoms with Crippen molar-refractivity contribution in [3.63, 3.8) is 0 Å². The molecule has 0 aliphatic rings. The molecule has 3 aromatic rings. The summed E-state index contributed by atoms with van der Waals surface area (Å²) in [6.45, 7) is 0. The van der Waals surface area contributed by atoms with Gasteiger partial charge in [-0.3, -0.25) is 9.59 Å². The molecule has 0 unspecified atom stereocenters. The van der Waals surface area contributed by atoms with Crippen LogP contribution < -0.4 is 14.8 Å². The molecule has 7 nitrogen and oxygen atoms in total. The van der Waals surface area contributed by atoms with E-state index >= 15 is 0 Å². The first-order valence-electron chi connectivity index (χ1n) is 9.07. The van der Waals surface area contributed by atoms with Gasteiger partial charge in [-0.05, 0) is 36.4 Å². The molecule has 1 N–H and O–H groups in total. The van der Waals surface area contributed by atoms with Crippen molar-refractivity contribution in [2.24, 2.45) is 0 Å². The molecule has 1 heterocycles. The lowest BCUT2D eigenvalue weighted by Gasteiger charge is -2.16. The van der Waals surface area contributed by atoms with E-state index < -0.39 is 5.91 Å². The Balaban J connectivity index is 1.97. The standard InChI is InChI=1S/C22H22ClN3O4/c1-25(2)22(28)14-7-8-19(29-3)17(11-14)24-21(27)15-12-16(23)18(13-20(15)30-4)26-9-5-6-10-26/h5-13H,1-4H3,(H,24,27). The summed E-state index contributed by atoms with van der Waals surface area (Å²) in [5, 5.41) is 3.18. The summed E-state index contributed by atoms with van der Waals surface area (Å²) >= 11 is 6.43. The lowest BCUT2D eigenvalue weighted by Crippen LogP contribution is -2.22. The summed E-state index contributed by atoms with van der Waals surface area (Å²) in [5.41, 5.74) is 1.72. The van der Waals surface area contributed by atoms with Gasteiger partial charge < -0.3 is 24.3 Å². The van der Waals surface area contributed by atoms with Crippen LogP contribution in [-0.2, 0) is 0 Å². The number of ether oxygens (including phenoxy) is 2. The third-order valence-electron chi connectivity index (χ3n) is 4.50. The topological polar surface area (TPSA) is 72.8 Å². The molecule has 0 aliphatic heterocycles. The zero-order chi connectivity index (χ0) is 21.8. The van der Waals surface area contributed by atoms with Crippen LogP contribution in [0.4, 0.5) is 5.69 Å². The van der Waals surface area contributed by atoms with Crippen molar-refractivity contribution >= 4 is 29.1 Å². The Morgan fingerprint density at radius 1 is 1.00 bits per heavy atom. The second kappa shape index (κ2) is 8.92. The van der Waals surface area contributed by atoms with Crippen molar-refractivity contribution in [3.05, 3.63) is 71.0 Å². The molecule has 2 aromatic carbocycles. The predicted octanol–water partition coefficient (Wildman–Crippen LogP) is 4.10. The summed E-state index contributed by atoms with van der Waals surface area (Å²) in [4.78, 5) is 26.8. The molecular weight excluding hydrogens is 406 g/mol. The number of hydrogen-bond donors (Lipinski definition) is 1. The van der Waals surface area contributed by atoms with E-state index in [4.69, 9.17) is 21.1 Å². The zero-order valence-electron chi connectivity index (χ0n) is 17.1. The van der Waals surface area contributed by atoms with E-state index in [1.165, 1.54) is 19.1 Å².